The molecule has 6 nitrogen and oxygen atoms in total. The van der Waals surface area contributed by atoms with Gasteiger partial charge in [-0.15, -0.1) is 0 Å². The fraction of sp³-hybridized carbons (Fsp3) is 0.100. The van der Waals surface area contributed by atoms with Crippen molar-refractivity contribution in [1.29, 1.82) is 0 Å². The van der Waals surface area contributed by atoms with Crippen molar-refractivity contribution in [3.63, 3.8) is 0 Å². The highest BCUT2D eigenvalue weighted by Gasteiger charge is 2.22. The molecule has 6 heteroatoms. The van der Waals surface area contributed by atoms with Crippen molar-refractivity contribution in [2.24, 2.45) is 0 Å². The third-order valence-corrected chi connectivity index (χ3v) is 4.01. The summed E-state index contributed by atoms with van der Waals surface area (Å²) in [5, 5.41) is 22.7. The van der Waals surface area contributed by atoms with Gasteiger partial charge in [-0.2, -0.15) is 0 Å². The first-order valence-corrected chi connectivity index (χ1v) is 7.96. The number of nitrogens with one attached hydrogen (secondary N) is 1. The van der Waals surface area contributed by atoms with E-state index in [9.17, 15) is 15.0 Å². The second kappa shape index (κ2) is 7.57. The van der Waals surface area contributed by atoms with E-state index in [-0.39, 0.29) is 17.1 Å². The lowest BCUT2D eigenvalue weighted by Crippen LogP contribution is -2.29. The van der Waals surface area contributed by atoms with Crippen LogP contribution < -0.4 is 10.1 Å². The van der Waals surface area contributed by atoms with Gasteiger partial charge in [-0.05, 0) is 47.5 Å². The number of methoxy groups -OCH3 is 1. The van der Waals surface area contributed by atoms with Gasteiger partial charge in [0.1, 0.15) is 22.8 Å². The summed E-state index contributed by atoms with van der Waals surface area (Å²) >= 11 is 0. The highest BCUT2D eigenvalue weighted by molar-refractivity contribution is 5.99. The number of phenolic OH excluding ortho intramolecular Hbond substituents is 2. The van der Waals surface area contributed by atoms with E-state index in [1.807, 2.05) is 12.1 Å². The maximum Gasteiger partial charge on any atom is 0.259 e. The van der Waals surface area contributed by atoms with Crippen LogP contribution in [-0.2, 0) is 0 Å². The molecule has 1 heterocycles. The molecule has 0 saturated carbocycles. The lowest BCUT2D eigenvalue weighted by molar-refractivity contribution is 0.0937. The number of aromatic nitrogens is 1. The standard InChI is InChI=1S/C20H18N2O4/c1-26-15-7-5-13(6-8-15)19(14-9-11-21-12-10-14)22-20(25)18-16(23)3-2-4-17(18)24/h2-12,19,23-24H,1H3,(H,22,25). The third-order valence-electron chi connectivity index (χ3n) is 4.01. The Morgan fingerprint density at radius 2 is 1.54 bits per heavy atom. The molecule has 0 saturated heterocycles. The van der Waals surface area contributed by atoms with Gasteiger partial charge in [0.2, 0.25) is 0 Å². The van der Waals surface area contributed by atoms with Crippen LogP contribution in [0.2, 0.25) is 0 Å². The van der Waals surface area contributed by atoms with E-state index < -0.39 is 11.9 Å². The van der Waals surface area contributed by atoms with Crippen LogP contribution >= 0.6 is 0 Å². The summed E-state index contributed by atoms with van der Waals surface area (Å²) in [5.41, 5.74) is 1.47. The van der Waals surface area contributed by atoms with E-state index >= 15 is 0 Å². The maximum absolute atomic E-state index is 12.7. The number of phenols is 2. The van der Waals surface area contributed by atoms with Gasteiger partial charge in [0.05, 0.1) is 13.2 Å². The van der Waals surface area contributed by atoms with E-state index in [4.69, 9.17) is 4.74 Å². The first-order chi connectivity index (χ1) is 12.6. The third kappa shape index (κ3) is 3.59. The molecule has 3 rings (SSSR count). The molecule has 3 aromatic rings. The first-order valence-electron chi connectivity index (χ1n) is 7.96. The number of carbonyl (C=O) groups is 1. The van der Waals surface area contributed by atoms with Crippen LogP contribution in [0, 0.1) is 0 Å². The number of pyridine rings is 1. The zero-order valence-corrected chi connectivity index (χ0v) is 14.1. The molecule has 0 aliphatic rings. The highest BCUT2D eigenvalue weighted by Crippen LogP contribution is 2.29. The minimum atomic E-state index is -0.585. The molecule has 0 fully saturated rings. The van der Waals surface area contributed by atoms with Gasteiger partial charge in [0.15, 0.2) is 0 Å². The Bertz CT molecular complexity index is 875. The average Bonchev–Trinajstić information content (AvgIpc) is 2.67. The average molecular weight is 350 g/mol. The fourth-order valence-corrected chi connectivity index (χ4v) is 2.68. The molecule has 132 valence electrons. The SMILES string of the molecule is COc1ccc(C(NC(=O)c2c(O)cccc2O)c2ccncc2)cc1. The summed E-state index contributed by atoms with van der Waals surface area (Å²) in [6, 6.07) is 14.5. The van der Waals surface area contributed by atoms with E-state index in [2.05, 4.69) is 10.3 Å². The van der Waals surface area contributed by atoms with Crippen LogP contribution in [0.25, 0.3) is 0 Å². The zero-order chi connectivity index (χ0) is 18.5. The zero-order valence-electron chi connectivity index (χ0n) is 14.1. The van der Waals surface area contributed by atoms with Crippen molar-refractivity contribution in [2.75, 3.05) is 7.11 Å². The van der Waals surface area contributed by atoms with Crippen LogP contribution in [0.15, 0.2) is 67.0 Å². The van der Waals surface area contributed by atoms with Gasteiger partial charge >= 0.3 is 0 Å². The quantitative estimate of drug-likeness (QED) is 0.658. The maximum atomic E-state index is 12.7. The number of hydrogen-bond acceptors (Lipinski definition) is 5. The molecule has 0 radical (unpaired) electrons. The topological polar surface area (TPSA) is 91.7 Å². The Morgan fingerprint density at radius 1 is 0.962 bits per heavy atom. The number of amides is 1. The lowest BCUT2D eigenvalue weighted by atomic mass is 9.98. The molecule has 0 bridgehead atoms. The van der Waals surface area contributed by atoms with Gasteiger partial charge < -0.3 is 20.3 Å². The van der Waals surface area contributed by atoms with Crippen LogP contribution in [0.1, 0.15) is 27.5 Å². The van der Waals surface area contributed by atoms with E-state index in [1.54, 1.807) is 43.8 Å². The Labute approximate surface area is 150 Å². The molecular formula is C20H18N2O4. The number of aromatic hydroxyl groups is 2. The monoisotopic (exact) mass is 350 g/mol. The molecule has 0 aliphatic heterocycles. The van der Waals surface area contributed by atoms with E-state index in [0.717, 1.165) is 11.1 Å². The van der Waals surface area contributed by atoms with Gasteiger partial charge in [-0.25, -0.2) is 0 Å². The molecule has 26 heavy (non-hydrogen) atoms. The Hall–Kier alpha value is -3.54. The number of rotatable bonds is 5. The van der Waals surface area contributed by atoms with Crippen LogP contribution in [0.4, 0.5) is 0 Å². The van der Waals surface area contributed by atoms with Crippen molar-refractivity contribution in [3.05, 3.63) is 83.7 Å². The smallest absolute Gasteiger partial charge is 0.259 e. The molecule has 0 spiro atoms. The highest BCUT2D eigenvalue weighted by atomic mass is 16.5. The number of carbonyl (C=O) groups excluding carboxylic acids is 1. The van der Waals surface area contributed by atoms with Crippen molar-refractivity contribution in [2.45, 2.75) is 6.04 Å². The molecule has 1 amide bonds. The number of ether oxygens (including phenoxy) is 1. The molecule has 1 unspecified atom stereocenters. The van der Waals surface area contributed by atoms with Crippen LogP contribution in [0.3, 0.4) is 0 Å². The van der Waals surface area contributed by atoms with Crippen molar-refractivity contribution >= 4 is 5.91 Å². The molecular weight excluding hydrogens is 332 g/mol. The Morgan fingerprint density at radius 3 is 2.12 bits per heavy atom. The van der Waals surface area contributed by atoms with Gasteiger partial charge in [0, 0.05) is 12.4 Å². The molecule has 1 aromatic heterocycles. The minimum absolute atomic E-state index is 0.167. The first kappa shape index (κ1) is 17.3. The largest absolute Gasteiger partial charge is 0.507 e. The Balaban J connectivity index is 1.97. The number of hydrogen-bond donors (Lipinski definition) is 3. The Kier molecular flexibility index (Phi) is 5.03. The van der Waals surface area contributed by atoms with Crippen LogP contribution in [-0.4, -0.2) is 28.2 Å². The summed E-state index contributed by atoms with van der Waals surface area (Å²) < 4.78 is 5.17. The second-order valence-corrected chi connectivity index (χ2v) is 5.63. The van der Waals surface area contributed by atoms with Gasteiger partial charge in [0.25, 0.3) is 5.91 Å². The van der Waals surface area contributed by atoms with E-state index in [0.29, 0.717) is 5.75 Å². The second-order valence-electron chi connectivity index (χ2n) is 5.63. The van der Waals surface area contributed by atoms with Gasteiger partial charge in [-0.3, -0.25) is 9.78 Å². The lowest BCUT2D eigenvalue weighted by Gasteiger charge is -2.20. The summed E-state index contributed by atoms with van der Waals surface area (Å²) in [6.07, 6.45) is 3.27. The van der Waals surface area contributed by atoms with Crippen molar-refractivity contribution in [3.8, 4) is 17.2 Å². The van der Waals surface area contributed by atoms with Gasteiger partial charge in [-0.1, -0.05) is 18.2 Å². The predicted molar refractivity (Wildman–Crippen MR) is 96.3 cm³/mol. The fourth-order valence-electron chi connectivity index (χ4n) is 2.68. The summed E-state index contributed by atoms with van der Waals surface area (Å²) in [7, 11) is 1.58. The minimum Gasteiger partial charge on any atom is -0.507 e. The van der Waals surface area contributed by atoms with Crippen molar-refractivity contribution in [1.82, 2.24) is 10.3 Å². The summed E-state index contributed by atoms with van der Waals surface area (Å²) in [6.45, 7) is 0. The predicted octanol–water partition coefficient (Wildman–Crippen LogP) is 3.02. The van der Waals surface area contributed by atoms with Crippen LogP contribution in [0.5, 0.6) is 17.2 Å². The summed E-state index contributed by atoms with van der Waals surface area (Å²) in [4.78, 5) is 16.7. The molecule has 1 atom stereocenters. The molecule has 2 aromatic carbocycles. The van der Waals surface area contributed by atoms with Crippen molar-refractivity contribution < 1.29 is 19.7 Å². The number of nitrogens with zero attached hydrogens (tertiary/aromatic N) is 1. The summed E-state index contributed by atoms with van der Waals surface area (Å²) in [5.74, 6) is -0.457. The van der Waals surface area contributed by atoms with E-state index in [1.165, 1.54) is 18.2 Å². The normalized spacial score (nSPS) is 11.6. The molecule has 0 aliphatic carbocycles. The molecule has 3 N–H and O–H groups in total. The number of benzene rings is 2.